The number of rotatable bonds is 4. The zero-order valence-electron chi connectivity index (χ0n) is 12.2. The molecule has 1 amide bonds. The number of nitrogens with zero attached hydrogens (tertiary/aromatic N) is 1. The van der Waals surface area contributed by atoms with Gasteiger partial charge in [0.05, 0.1) is 12.5 Å². The van der Waals surface area contributed by atoms with E-state index in [1.807, 2.05) is 10.2 Å². The zero-order valence-corrected chi connectivity index (χ0v) is 12.2. The molecule has 0 aromatic carbocycles. The molecule has 0 spiro atoms. The van der Waals surface area contributed by atoms with Crippen molar-refractivity contribution in [3.8, 4) is 5.75 Å². The highest BCUT2D eigenvalue weighted by molar-refractivity contribution is 5.79. The van der Waals surface area contributed by atoms with Crippen LogP contribution in [0.5, 0.6) is 5.75 Å². The van der Waals surface area contributed by atoms with Gasteiger partial charge in [0.1, 0.15) is 18.6 Å². The Morgan fingerprint density at radius 1 is 1.48 bits per heavy atom. The third kappa shape index (κ3) is 5.27. The number of amides is 1. The van der Waals surface area contributed by atoms with Gasteiger partial charge in [-0.05, 0) is 19.4 Å². The van der Waals surface area contributed by atoms with E-state index in [1.54, 1.807) is 0 Å². The van der Waals surface area contributed by atoms with E-state index in [4.69, 9.17) is 9.52 Å². The maximum Gasteiger partial charge on any atom is 0.405 e. The number of carbonyl (C=O) groups is 1. The van der Waals surface area contributed by atoms with Gasteiger partial charge in [0.25, 0.3) is 0 Å². The molecule has 1 atom stereocenters. The molecule has 1 aromatic heterocycles. The van der Waals surface area contributed by atoms with E-state index in [-0.39, 0.29) is 13.1 Å². The molecule has 1 saturated heterocycles. The molecule has 23 heavy (non-hydrogen) atoms. The van der Waals surface area contributed by atoms with E-state index >= 15 is 0 Å². The molecule has 9 heteroatoms. The van der Waals surface area contributed by atoms with Gasteiger partial charge in [-0.1, -0.05) is 0 Å². The highest BCUT2D eigenvalue weighted by atomic mass is 19.4. The van der Waals surface area contributed by atoms with Gasteiger partial charge in [-0.15, -0.1) is 0 Å². The minimum atomic E-state index is -4.43. The van der Waals surface area contributed by atoms with Crippen molar-refractivity contribution in [2.75, 3.05) is 19.6 Å². The summed E-state index contributed by atoms with van der Waals surface area (Å²) in [6.07, 6.45) is -2.32. The van der Waals surface area contributed by atoms with Gasteiger partial charge in [-0.2, -0.15) is 13.2 Å². The molecule has 6 nitrogen and oxygen atoms in total. The van der Waals surface area contributed by atoms with Gasteiger partial charge < -0.3 is 14.8 Å². The number of hydrogen-bond donors (Lipinski definition) is 2. The summed E-state index contributed by atoms with van der Waals surface area (Å²) in [5.41, 5.74) is -0.567. The molecule has 0 aliphatic carbocycles. The lowest BCUT2D eigenvalue weighted by molar-refractivity contribution is -0.141. The third-order valence-corrected chi connectivity index (χ3v) is 3.59. The van der Waals surface area contributed by atoms with Crippen LogP contribution in [0, 0.1) is 5.92 Å². The van der Waals surface area contributed by atoms with Gasteiger partial charge >= 0.3 is 6.18 Å². The van der Waals surface area contributed by atoms with E-state index in [2.05, 4.69) is 0 Å². The number of halogens is 3. The van der Waals surface area contributed by atoms with Crippen LogP contribution in [-0.2, 0) is 11.3 Å². The van der Waals surface area contributed by atoms with Gasteiger partial charge in [-0.3, -0.25) is 14.5 Å². The second kappa shape index (κ2) is 7.03. The van der Waals surface area contributed by atoms with Crippen LogP contribution in [0.1, 0.15) is 18.6 Å². The predicted octanol–water partition coefficient (Wildman–Crippen LogP) is 1.24. The maximum absolute atomic E-state index is 12.1. The summed E-state index contributed by atoms with van der Waals surface area (Å²) in [5, 5.41) is 11.0. The van der Waals surface area contributed by atoms with Crippen LogP contribution >= 0.6 is 0 Å². The van der Waals surface area contributed by atoms with E-state index in [0.29, 0.717) is 25.1 Å². The standard InChI is InChI=1S/C14H17F3N2O4/c15-14(16,17)8-18-13(22)9-2-1-3-19(5-9)6-10-4-11(20)12(21)7-23-10/h4,7,9,21H,1-3,5-6,8H2,(H,18,22)/t9-/m1/s1. The fraction of sp³-hybridized carbons (Fsp3) is 0.571. The van der Waals surface area contributed by atoms with Gasteiger partial charge in [0.2, 0.25) is 11.3 Å². The summed E-state index contributed by atoms with van der Waals surface area (Å²) in [7, 11) is 0. The van der Waals surface area contributed by atoms with E-state index in [0.717, 1.165) is 12.3 Å². The summed E-state index contributed by atoms with van der Waals surface area (Å²) in [6, 6.07) is 1.16. The number of piperidine rings is 1. The molecular weight excluding hydrogens is 317 g/mol. The molecule has 128 valence electrons. The first-order valence-electron chi connectivity index (χ1n) is 7.12. The molecule has 0 bridgehead atoms. The number of likely N-dealkylation sites (tertiary alicyclic amines) is 1. The summed E-state index contributed by atoms with van der Waals surface area (Å²) < 4.78 is 41.5. The first-order chi connectivity index (χ1) is 10.7. The summed E-state index contributed by atoms with van der Waals surface area (Å²) >= 11 is 0. The van der Waals surface area contributed by atoms with Crippen molar-refractivity contribution in [2.24, 2.45) is 5.92 Å². The van der Waals surface area contributed by atoms with Crippen LogP contribution in [-0.4, -0.2) is 41.7 Å². The highest BCUT2D eigenvalue weighted by Gasteiger charge is 2.31. The molecule has 2 heterocycles. The first kappa shape index (κ1) is 17.3. The van der Waals surface area contributed by atoms with Crippen molar-refractivity contribution in [1.29, 1.82) is 0 Å². The van der Waals surface area contributed by atoms with Crippen LogP contribution in [0.3, 0.4) is 0 Å². The van der Waals surface area contributed by atoms with Crippen molar-refractivity contribution in [3.05, 3.63) is 28.3 Å². The predicted molar refractivity (Wildman–Crippen MR) is 73.7 cm³/mol. The average molecular weight is 334 g/mol. The number of alkyl halides is 3. The second-order valence-corrected chi connectivity index (χ2v) is 5.50. The Kier molecular flexibility index (Phi) is 5.30. The Labute approximate surface area is 129 Å². The number of aromatic hydroxyl groups is 1. The van der Waals surface area contributed by atoms with Crippen LogP contribution < -0.4 is 10.7 Å². The average Bonchev–Trinajstić information content (AvgIpc) is 2.48. The molecule has 1 aliphatic heterocycles. The Morgan fingerprint density at radius 3 is 2.87 bits per heavy atom. The molecule has 0 unspecified atom stereocenters. The van der Waals surface area contributed by atoms with Crippen LogP contribution in [0.15, 0.2) is 21.5 Å². The summed E-state index contributed by atoms with van der Waals surface area (Å²) in [5.74, 6) is -1.32. The highest BCUT2D eigenvalue weighted by Crippen LogP contribution is 2.20. The van der Waals surface area contributed by atoms with Gasteiger partial charge in [0.15, 0.2) is 5.75 Å². The van der Waals surface area contributed by atoms with Crippen LogP contribution in [0.25, 0.3) is 0 Å². The van der Waals surface area contributed by atoms with E-state index in [9.17, 15) is 22.8 Å². The minimum absolute atomic E-state index is 0.249. The van der Waals surface area contributed by atoms with Crippen molar-refractivity contribution in [2.45, 2.75) is 25.6 Å². The van der Waals surface area contributed by atoms with E-state index in [1.165, 1.54) is 0 Å². The second-order valence-electron chi connectivity index (χ2n) is 5.50. The lowest BCUT2D eigenvalue weighted by atomic mass is 9.97. The molecule has 2 N–H and O–H groups in total. The Morgan fingerprint density at radius 2 is 2.22 bits per heavy atom. The van der Waals surface area contributed by atoms with Crippen LogP contribution in [0.4, 0.5) is 13.2 Å². The minimum Gasteiger partial charge on any atom is -0.502 e. The number of carbonyl (C=O) groups excluding carboxylic acids is 1. The normalized spacial score (nSPS) is 19.5. The Balaban J connectivity index is 1.91. The van der Waals surface area contributed by atoms with Crippen molar-refractivity contribution < 1.29 is 27.5 Å². The van der Waals surface area contributed by atoms with Crippen molar-refractivity contribution in [3.63, 3.8) is 0 Å². The Bertz CT molecular complexity index is 615. The monoisotopic (exact) mass is 334 g/mol. The number of hydrogen-bond acceptors (Lipinski definition) is 5. The third-order valence-electron chi connectivity index (χ3n) is 3.59. The van der Waals surface area contributed by atoms with Gasteiger partial charge in [-0.25, -0.2) is 0 Å². The summed E-state index contributed by atoms with van der Waals surface area (Å²) in [6.45, 7) is -0.157. The van der Waals surface area contributed by atoms with E-state index < -0.39 is 35.7 Å². The molecular formula is C14H17F3N2O4. The topological polar surface area (TPSA) is 82.8 Å². The van der Waals surface area contributed by atoms with Gasteiger partial charge in [0, 0.05) is 12.6 Å². The van der Waals surface area contributed by atoms with Crippen molar-refractivity contribution in [1.82, 2.24) is 10.2 Å². The fourth-order valence-corrected chi connectivity index (χ4v) is 2.49. The largest absolute Gasteiger partial charge is 0.502 e. The lowest BCUT2D eigenvalue weighted by Crippen LogP contribution is -2.44. The number of nitrogens with one attached hydrogen (secondary N) is 1. The molecule has 2 rings (SSSR count). The van der Waals surface area contributed by atoms with Crippen molar-refractivity contribution >= 4 is 5.91 Å². The SMILES string of the molecule is O=C(NCC(F)(F)F)[C@@H]1CCCN(Cc2cc(=O)c(O)co2)C1. The summed E-state index contributed by atoms with van der Waals surface area (Å²) in [4.78, 5) is 25.0. The molecule has 0 radical (unpaired) electrons. The first-order valence-corrected chi connectivity index (χ1v) is 7.12. The Hall–Kier alpha value is -2.03. The molecule has 1 fully saturated rings. The lowest BCUT2D eigenvalue weighted by Gasteiger charge is -2.31. The van der Waals surface area contributed by atoms with Crippen LogP contribution in [0.2, 0.25) is 0 Å². The smallest absolute Gasteiger partial charge is 0.405 e. The zero-order chi connectivity index (χ0) is 17.0. The molecule has 1 aliphatic rings. The quantitative estimate of drug-likeness (QED) is 0.866. The maximum atomic E-state index is 12.1. The molecule has 0 saturated carbocycles. The molecule has 1 aromatic rings. The fourth-order valence-electron chi connectivity index (χ4n) is 2.49.